The van der Waals surface area contributed by atoms with E-state index in [1.165, 1.54) is 24.4 Å². The molecule has 0 saturated heterocycles. The first-order valence-electron chi connectivity index (χ1n) is 5.88. The molecule has 2 N–H and O–H groups in total. The fourth-order valence-electron chi connectivity index (χ4n) is 1.90. The molecule has 0 radical (unpaired) electrons. The Hall–Kier alpha value is -2.14. The monoisotopic (exact) mass is 263 g/mol. The lowest BCUT2D eigenvalue weighted by Gasteiger charge is -2.13. The van der Waals surface area contributed by atoms with Crippen LogP contribution in [0.3, 0.4) is 0 Å². The van der Waals surface area contributed by atoms with Crippen LogP contribution in [0.25, 0.3) is 0 Å². The van der Waals surface area contributed by atoms with Gasteiger partial charge in [0.1, 0.15) is 5.82 Å². The number of rotatable bonds is 4. The van der Waals surface area contributed by atoms with Crippen molar-refractivity contribution in [3.05, 3.63) is 63.8 Å². The van der Waals surface area contributed by atoms with Crippen LogP contribution >= 0.6 is 0 Å². The van der Waals surface area contributed by atoms with Crippen molar-refractivity contribution < 1.29 is 14.6 Å². The predicted molar refractivity (Wildman–Crippen MR) is 68.7 cm³/mol. The van der Waals surface area contributed by atoms with E-state index >= 15 is 0 Å². The van der Waals surface area contributed by atoms with Crippen LogP contribution in [-0.4, -0.2) is 21.4 Å². The minimum absolute atomic E-state index is 0.0985. The third kappa shape index (κ3) is 3.00. The maximum atomic E-state index is 12.8. The van der Waals surface area contributed by atoms with Gasteiger partial charge in [0, 0.05) is 25.2 Å². The molecule has 1 aromatic heterocycles. The molecule has 0 amide bonds. The minimum atomic E-state index is -0.466. The van der Waals surface area contributed by atoms with Gasteiger partial charge in [-0.1, -0.05) is 12.1 Å². The first kappa shape index (κ1) is 13.3. The smallest absolute Gasteiger partial charge is 0.223 e. The summed E-state index contributed by atoms with van der Waals surface area (Å²) in [7, 11) is 0. The van der Waals surface area contributed by atoms with Crippen LogP contribution in [0.5, 0.6) is 5.75 Å². The zero-order valence-corrected chi connectivity index (χ0v) is 10.2. The molecule has 5 heteroatoms. The third-order valence-corrected chi connectivity index (χ3v) is 2.89. The van der Waals surface area contributed by atoms with Crippen molar-refractivity contribution in [1.29, 1.82) is 0 Å². The lowest BCUT2D eigenvalue weighted by Crippen LogP contribution is -2.14. The number of aliphatic hydroxyl groups excluding tert-OH is 1. The van der Waals surface area contributed by atoms with Crippen molar-refractivity contribution in [1.82, 2.24) is 4.57 Å². The van der Waals surface area contributed by atoms with Crippen molar-refractivity contribution in [3.63, 3.8) is 0 Å². The Morgan fingerprint density at radius 2 is 1.84 bits per heavy atom. The molecule has 19 heavy (non-hydrogen) atoms. The van der Waals surface area contributed by atoms with Crippen molar-refractivity contribution >= 4 is 0 Å². The van der Waals surface area contributed by atoms with E-state index in [0.29, 0.717) is 12.1 Å². The maximum absolute atomic E-state index is 12.8. The Labute approximate surface area is 109 Å². The first-order valence-corrected chi connectivity index (χ1v) is 5.88. The Morgan fingerprint density at radius 3 is 2.47 bits per heavy atom. The molecule has 1 heterocycles. The molecule has 2 aromatic rings. The lowest BCUT2D eigenvalue weighted by atomic mass is 10.1. The highest BCUT2D eigenvalue weighted by atomic mass is 19.1. The minimum Gasteiger partial charge on any atom is -0.503 e. The van der Waals surface area contributed by atoms with E-state index in [1.54, 1.807) is 16.7 Å². The van der Waals surface area contributed by atoms with E-state index < -0.39 is 5.43 Å². The van der Waals surface area contributed by atoms with Gasteiger partial charge >= 0.3 is 0 Å². The summed E-state index contributed by atoms with van der Waals surface area (Å²) >= 11 is 0. The van der Waals surface area contributed by atoms with E-state index in [1.807, 2.05) is 0 Å². The van der Waals surface area contributed by atoms with Crippen LogP contribution in [-0.2, 0) is 13.0 Å². The van der Waals surface area contributed by atoms with Crippen molar-refractivity contribution in [2.75, 3.05) is 6.61 Å². The van der Waals surface area contributed by atoms with Gasteiger partial charge in [0.2, 0.25) is 5.43 Å². The lowest BCUT2D eigenvalue weighted by molar-refractivity contribution is 0.273. The second kappa shape index (κ2) is 5.67. The molecular formula is C14H14FNO3. The van der Waals surface area contributed by atoms with Gasteiger partial charge in [-0.25, -0.2) is 4.39 Å². The average molecular weight is 263 g/mol. The Morgan fingerprint density at radius 1 is 1.16 bits per heavy atom. The molecule has 1 aromatic carbocycles. The molecule has 0 aliphatic carbocycles. The van der Waals surface area contributed by atoms with E-state index in [4.69, 9.17) is 5.11 Å². The molecule has 0 spiro atoms. The van der Waals surface area contributed by atoms with Crippen LogP contribution in [0.4, 0.5) is 4.39 Å². The molecule has 0 fully saturated rings. The van der Waals surface area contributed by atoms with Crippen molar-refractivity contribution in [3.8, 4) is 5.75 Å². The van der Waals surface area contributed by atoms with Gasteiger partial charge in [-0.05, 0) is 17.7 Å². The van der Waals surface area contributed by atoms with Gasteiger partial charge in [0.15, 0.2) is 5.75 Å². The number of aromatic hydroxyl groups is 1. The molecule has 0 atom stereocenters. The summed E-state index contributed by atoms with van der Waals surface area (Å²) in [5.41, 5.74) is 0.716. The topological polar surface area (TPSA) is 62.5 Å². The third-order valence-electron chi connectivity index (χ3n) is 2.89. The highest BCUT2D eigenvalue weighted by Crippen LogP contribution is 2.17. The van der Waals surface area contributed by atoms with Crippen LogP contribution in [0.15, 0.2) is 41.3 Å². The summed E-state index contributed by atoms with van der Waals surface area (Å²) in [5.74, 6) is -0.672. The zero-order chi connectivity index (χ0) is 13.8. The summed E-state index contributed by atoms with van der Waals surface area (Å²) in [5, 5.41) is 18.8. The zero-order valence-electron chi connectivity index (χ0n) is 10.2. The van der Waals surface area contributed by atoms with Crippen LogP contribution in [0.2, 0.25) is 0 Å². The highest BCUT2D eigenvalue weighted by Gasteiger charge is 2.10. The Bertz CT molecular complexity index is 620. The van der Waals surface area contributed by atoms with Gasteiger partial charge in [-0.15, -0.1) is 0 Å². The summed E-state index contributed by atoms with van der Waals surface area (Å²) in [4.78, 5) is 11.5. The standard InChI is InChI=1S/C14H14FNO3/c15-11-3-1-10(2-4-11)9-12-14(19)13(18)5-6-16(12)7-8-17/h1-6,17,19H,7-9H2. The van der Waals surface area contributed by atoms with E-state index in [-0.39, 0.29) is 24.7 Å². The van der Waals surface area contributed by atoms with Gasteiger partial charge in [0.05, 0.1) is 12.3 Å². The van der Waals surface area contributed by atoms with Gasteiger partial charge < -0.3 is 14.8 Å². The molecule has 0 bridgehead atoms. The van der Waals surface area contributed by atoms with Crippen molar-refractivity contribution in [2.24, 2.45) is 0 Å². The number of benzene rings is 1. The fourth-order valence-corrected chi connectivity index (χ4v) is 1.90. The van der Waals surface area contributed by atoms with Gasteiger partial charge in [-0.3, -0.25) is 4.79 Å². The summed E-state index contributed by atoms with van der Waals surface area (Å²) in [6, 6.07) is 7.08. The number of aromatic nitrogens is 1. The Balaban J connectivity index is 2.39. The largest absolute Gasteiger partial charge is 0.503 e. The predicted octanol–water partition coefficient (Wildman–Crippen LogP) is 1.28. The Kier molecular flexibility index (Phi) is 3.97. The highest BCUT2D eigenvalue weighted by molar-refractivity contribution is 5.32. The molecule has 0 unspecified atom stereocenters. The van der Waals surface area contributed by atoms with E-state index in [9.17, 15) is 14.3 Å². The van der Waals surface area contributed by atoms with Crippen LogP contribution < -0.4 is 5.43 Å². The number of aliphatic hydroxyl groups is 1. The first-order chi connectivity index (χ1) is 9.11. The van der Waals surface area contributed by atoms with E-state index in [0.717, 1.165) is 5.56 Å². The summed E-state index contributed by atoms with van der Waals surface area (Å²) in [6.07, 6.45) is 1.82. The average Bonchev–Trinajstić information content (AvgIpc) is 2.41. The number of hydrogen-bond acceptors (Lipinski definition) is 3. The quantitative estimate of drug-likeness (QED) is 0.873. The molecular weight excluding hydrogens is 249 g/mol. The number of pyridine rings is 1. The van der Waals surface area contributed by atoms with Crippen molar-refractivity contribution in [2.45, 2.75) is 13.0 Å². The molecule has 0 aliphatic heterocycles. The number of halogens is 1. The molecule has 4 nitrogen and oxygen atoms in total. The van der Waals surface area contributed by atoms with Crippen LogP contribution in [0.1, 0.15) is 11.3 Å². The summed E-state index contributed by atoms with van der Waals surface area (Å²) < 4.78 is 14.4. The summed E-state index contributed by atoms with van der Waals surface area (Å²) in [6.45, 7) is 0.184. The fraction of sp³-hybridized carbons (Fsp3) is 0.214. The maximum Gasteiger partial charge on any atom is 0.223 e. The van der Waals surface area contributed by atoms with E-state index in [2.05, 4.69) is 0 Å². The number of nitrogens with zero attached hydrogens (tertiary/aromatic N) is 1. The second-order valence-electron chi connectivity index (χ2n) is 4.20. The molecule has 0 aliphatic rings. The SMILES string of the molecule is O=c1ccn(CCO)c(Cc2ccc(F)cc2)c1O. The normalized spacial score (nSPS) is 10.6. The molecule has 0 saturated carbocycles. The second-order valence-corrected chi connectivity index (χ2v) is 4.20. The van der Waals surface area contributed by atoms with Crippen LogP contribution in [0, 0.1) is 5.82 Å². The number of hydrogen-bond donors (Lipinski definition) is 2. The van der Waals surface area contributed by atoms with Gasteiger partial charge in [0.25, 0.3) is 0 Å². The molecule has 100 valence electrons. The molecule has 2 rings (SSSR count). The van der Waals surface area contributed by atoms with Gasteiger partial charge in [-0.2, -0.15) is 0 Å².